The number of aliphatic carboxylic acids is 1. The molecule has 0 saturated heterocycles. The molecule has 1 amide bonds. The highest BCUT2D eigenvalue weighted by Gasteiger charge is 2.25. The number of carboxylic acid groups (broad SMARTS) is 1. The predicted octanol–water partition coefficient (Wildman–Crippen LogP) is 2.41. The summed E-state index contributed by atoms with van der Waals surface area (Å²) < 4.78 is 0. The van der Waals surface area contributed by atoms with E-state index in [1.807, 2.05) is 13.0 Å². The van der Waals surface area contributed by atoms with Crippen LogP contribution in [0.4, 0.5) is 0 Å². The number of nitrogens with zero attached hydrogens (tertiary/aromatic N) is 1. The summed E-state index contributed by atoms with van der Waals surface area (Å²) >= 11 is 5.87. The highest BCUT2D eigenvalue weighted by Crippen LogP contribution is 2.14. The van der Waals surface area contributed by atoms with E-state index in [-0.39, 0.29) is 5.91 Å². The van der Waals surface area contributed by atoms with Crippen LogP contribution in [0.1, 0.15) is 19.4 Å². The highest BCUT2D eigenvalue weighted by atomic mass is 35.5. The summed E-state index contributed by atoms with van der Waals surface area (Å²) in [6, 6.07) is 7.18. The molecule has 0 aliphatic carbocycles. The van der Waals surface area contributed by atoms with Gasteiger partial charge >= 0.3 is 5.97 Å². The van der Waals surface area contributed by atoms with E-state index in [2.05, 4.69) is 0 Å². The molecular formula is C13H16ClNO3. The summed E-state index contributed by atoms with van der Waals surface area (Å²) in [7, 11) is 0. The number of rotatable bonds is 5. The molecule has 0 heterocycles. The van der Waals surface area contributed by atoms with Crippen molar-refractivity contribution < 1.29 is 14.7 Å². The molecule has 1 N–H and O–H groups in total. The molecule has 4 nitrogen and oxygen atoms in total. The van der Waals surface area contributed by atoms with Gasteiger partial charge in [0.2, 0.25) is 5.91 Å². The van der Waals surface area contributed by atoms with E-state index < -0.39 is 11.9 Å². The first-order valence-electron chi connectivity index (χ1n) is 5.71. The zero-order valence-corrected chi connectivity index (χ0v) is 11.1. The fourth-order valence-electron chi connectivity index (χ4n) is 1.58. The topological polar surface area (TPSA) is 57.6 Å². The van der Waals surface area contributed by atoms with Gasteiger partial charge in [-0.05, 0) is 31.5 Å². The van der Waals surface area contributed by atoms with Gasteiger partial charge in [0.15, 0.2) is 0 Å². The summed E-state index contributed by atoms with van der Waals surface area (Å²) in [6.45, 7) is 4.04. The smallest absolute Gasteiger partial charge is 0.315 e. The Morgan fingerprint density at radius 3 is 2.61 bits per heavy atom. The molecular weight excluding hydrogens is 254 g/mol. The van der Waals surface area contributed by atoms with Crippen LogP contribution in [0.15, 0.2) is 24.3 Å². The molecule has 1 aromatic carbocycles. The van der Waals surface area contributed by atoms with Crippen LogP contribution in [0.2, 0.25) is 5.02 Å². The van der Waals surface area contributed by atoms with Crippen LogP contribution in [0.3, 0.4) is 0 Å². The van der Waals surface area contributed by atoms with Gasteiger partial charge in [0, 0.05) is 18.1 Å². The molecule has 1 rings (SSSR count). The number of carbonyl (C=O) groups is 2. The van der Waals surface area contributed by atoms with E-state index in [4.69, 9.17) is 16.7 Å². The Hall–Kier alpha value is -1.55. The maximum absolute atomic E-state index is 11.9. The van der Waals surface area contributed by atoms with Crippen LogP contribution in [0.5, 0.6) is 0 Å². The average molecular weight is 270 g/mol. The number of carboxylic acids is 1. The lowest BCUT2D eigenvalue weighted by atomic mass is 10.1. The second-order valence-corrected chi connectivity index (χ2v) is 4.48. The average Bonchev–Trinajstić information content (AvgIpc) is 2.34. The number of carbonyl (C=O) groups excluding carboxylic acids is 1. The van der Waals surface area contributed by atoms with Gasteiger partial charge in [0.1, 0.15) is 5.92 Å². The van der Waals surface area contributed by atoms with Crippen LogP contribution in [-0.4, -0.2) is 28.4 Å². The molecule has 0 spiro atoms. The first-order chi connectivity index (χ1) is 8.45. The Kier molecular flexibility index (Phi) is 5.16. The molecule has 0 bridgehead atoms. The van der Waals surface area contributed by atoms with Crippen LogP contribution < -0.4 is 0 Å². The Balaban J connectivity index is 2.79. The fraction of sp³-hybridized carbons (Fsp3) is 0.385. The van der Waals surface area contributed by atoms with Gasteiger partial charge in [-0.15, -0.1) is 0 Å². The minimum absolute atomic E-state index is 0.369. The van der Waals surface area contributed by atoms with Crippen molar-refractivity contribution in [2.45, 2.75) is 20.4 Å². The standard InChI is InChI=1S/C13H16ClNO3/c1-3-15(12(16)9(2)13(17)18)8-10-5-4-6-11(14)7-10/h4-7,9H,3,8H2,1-2H3,(H,17,18). The summed E-state index contributed by atoms with van der Waals surface area (Å²) in [5.41, 5.74) is 0.885. The normalized spacial score (nSPS) is 11.9. The summed E-state index contributed by atoms with van der Waals surface area (Å²) in [5.74, 6) is -2.52. The molecule has 0 aliphatic rings. The fourth-order valence-corrected chi connectivity index (χ4v) is 1.79. The molecule has 98 valence electrons. The van der Waals surface area contributed by atoms with Crippen LogP contribution in [0.25, 0.3) is 0 Å². The third-order valence-corrected chi connectivity index (χ3v) is 2.93. The van der Waals surface area contributed by atoms with Crippen LogP contribution in [-0.2, 0) is 16.1 Å². The summed E-state index contributed by atoms with van der Waals surface area (Å²) in [6.07, 6.45) is 0. The quantitative estimate of drug-likeness (QED) is 0.835. The summed E-state index contributed by atoms with van der Waals surface area (Å²) in [4.78, 5) is 24.2. The molecule has 0 radical (unpaired) electrons. The number of hydrogen-bond acceptors (Lipinski definition) is 2. The van der Waals surface area contributed by atoms with Crippen molar-refractivity contribution in [2.75, 3.05) is 6.54 Å². The molecule has 18 heavy (non-hydrogen) atoms. The van der Waals surface area contributed by atoms with E-state index in [1.54, 1.807) is 18.2 Å². The number of hydrogen-bond donors (Lipinski definition) is 1. The lowest BCUT2D eigenvalue weighted by molar-refractivity contribution is -0.150. The second-order valence-electron chi connectivity index (χ2n) is 4.04. The van der Waals surface area contributed by atoms with Crippen LogP contribution >= 0.6 is 11.6 Å². The van der Waals surface area contributed by atoms with Crippen molar-refractivity contribution in [1.82, 2.24) is 4.90 Å². The second kappa shape index (κ2) is 6.40. The van der Waals surface area contributed by atoms with E-state index in [9.17, 15) is 9.59 Å². The molecule has 0 aliphatic heterocycles. The third kappa shape index (κ3) is 3.74. The minimum Gasteiger partial charge on any atom is -0.481 e. The van der Waals surface area contributed by atoms with E-state index in [0.717, 1.165) is 5.56 Å². The first-order valence-corrected chi connectivity index (χ1v) is 6.09. The first kappa shape index (κ1) is 14.5. The van der Waals surface area contributed by atoms with Gasteiger partial charge in [0.05, 0.1) is 0 Å². The molecule has 1 aromatic rings. The Labute approximate surface area is 111 Å². The van der Waals surface area contributed by atoms with Gasteiger partial charge < -0.3 is 10.0 Å². The van der Waals surface area contributed by atoms with Crippen molar-refractivity contribution >= 4 is 23.5 Å². The number of amides is 1. The van der Waals surface area contributed by atoms with Gasteiger partial charge in [-0.1, -0.05) is 23.7 Å². The Morgan fingerprint density at radius 2 is 2.11 bits per heavy atom. The molecule has 0 fully saturated rings. The largest absolute Gasteiger partial charge is 0.481 e. The minimum atomic E-state index is -1.11. The maximum Gasteiger partial charge on any atom is 0.315 e. The van der Waals surface area contributed by atoms with Crippen LogP contribution in [0, 0.1) is 5.92 Å². The van der Waals surface area contributed by atoms with E-state index in [1.165, 1.54) is 11.8 Å². The SMILES string of the molecule is CCN(Cc1cccc(Cl)c1)C(=O)C(C)C(=O)O. The number of halogens is 1. The summed E-state index contributed by atoms with van der Waals surface area (Å²) in [5, 5.41) is 9.44. The van der Waals surface area contributed by atoms with Gasteiger partial charge in [0.25, 0.3) is 0 Å². The maximum atomic E-state index is 11.9. The van der Waals surface area contributed by atoms with Crippen molar-refractivity contribution in [1.29, 1.82) is 0 Å². The molecule has 0 saturated carbocycles. The molecule has 5 heteroatoms. The van der Waals surface area contributed by atoms with Crippen molar-refractivity contribution in [2.24, 2.45) is 5.92 Å². The van der Waals surface area contributed by atoms with Gasteiger partial charge in [-0.25, -0.2) is 0 Å². The van der Waals surface area contributed by atoms with Gasteiger partial charge in [-0.2, -0.15) is 0 Å². The monoisotopic (exact) mass is 269 g/mol. The Morgan fingerprint density at radius 1 is 1.44 bits per heavy atom. The van der Waals surface area contributed by atoms with E-state index >= 15 is 0 Å². The lowest BCUT2D eigenvalue weighted by Gasteiger charge is -2.23. The predicted molar refractivity (Wildman–Crippen MR) is 69.3 cm³/mol. The lowest BCUT2D eigenvalue weighted by Crippen LogP contribution is -2.37. The molecule has 0 aromatic heterocycles. The third-order valence-electron chi connectivity index (χ3n) is 2.70. The van der Waals surface area contributed by atoms with Crippen molar-refractivity contribution in [3.63, 3.8) is 0 Å². The van der Waals surface area contributed by atoms with Gasteiger partial charge in [-0.3, -0.25) is 9.59 Å². The Bertz CT molecular complexity index is 448. The number of benzene rings is 1. The van der Waals surface area contributed by atoms with Crippen molar-refractivity contribution in [3.8, 4) is 0 Å². The van der Waals surface area contributed by atoms with E-state index in [0.29, 0.717) is 18.1 Å². The highest BCUT2D eigenvalue weighted by molar-refractivity contribution is 6.30. The zero-order valence-electron chi connectivity index (χ0n) is 10.4. The molecule has 1 atom stereocenters. The molecule has 1 unspecified atom stereocenters. The zero-order chi connectivity index (χ0) is 13.7. The van der Waals surface area contributed by atoms with Crippen molar-refractivity contribution in [3.05, 3.63) is 34.9 Å².